The predicted octanol–water partition coefficient (Wildman–Crippen LogP) is 3.37. The molecule has 0 radical (unpaired) electrons. The number of hydrogen-bond acceptors (Lipinski definition) is 2. The van der Waals surface area contributed by atoms with Crippen molar-refractivity contribution in [2.45, 2.75) is 20.8 Å². The molecule has 100 valence electrons. The van der Waals surface area contributed by atoms with Gasteiger partial charge in [-0.25, -0.2) is 13.6 Å². The van der Waals surface area contributed by atoms with E-state index in [1.54, 1.807) is 0 Å². The third-order valence-electron chi connectivity index (χ3n) is 3.03. The molecular formula is C13H17F2NO2. The van der Waals surface area contributed by atoms with E-state index in [0.29, 0.717) is 12.5 Å². The molecule has 1 atom stereocenters. The van der Waals surface area contributed by atoms with Crippen LogP contribution in [0.25, 0.3) is 0 Å². The number of nitrogens with one attached hydrogen (secondary N) is 1. The molecule has 0 spiro atoms. The Kier molecular flexibility index (Phi) is 4.64. The summed E-state index contributed by atoms with van der Waals surface area (Å²) in [6.07, 6.45) is 0. The SMILES string of the molecule is CC(C)C(C)CNc1c(F)cc(C(=O)O)cc1F. The van der Waals surface area contributed by atoms with E-state index >= 15 is 0 Å². The van der Waals surface area contributed by atoms with E-state index < -0.39 is 23.2 Å². The molecule has 0 amide bonds. The van der Waals surface area contributed by atoms with E-state index in [9.17, 15) is 13.6 Å². The van der Waals surface area contributed by atoms with Crippen molar-refractivity contribution in [2.24, 2.45) is 11.8 Å². The summed E-state index contributed by atoms with van der Waals surface area (Å²) in [5.74, 6) is -2.48. The largest absolute Gasteiger partial charge is 0.478 e. The molecule has 0 bridgehead atoms. The molecular weight excluding hydrogens is 240 g/mol. The molecule has 0 saturated heterocycles. The van der Waals surface area contributed by atoms with Crippen LogP contribution in [-0.2, 0) is 0 Å². The van der Waals surface area contributed by atoms with E-state index in [0.717, 1.165) is 12.1 Å². The number of anilines is 1. The van der Waals surface area contributed by atoms with Gasteiger partial charge in [0.2, 0.25) is 0 Å². The fraction of sp³-hybridized carbons (Fsp3) is 0.462. The van der Waals surface area contributed by atoms with Crippen molar-refractivity contribution in [3.63, 3.8) is 0 Å². The molecule has 1 aromatic carbocycles. The number of rotatable bonds is 5. The molecule has 0 aliphatic rings. The highest BCUT2D eigenvalue weighted by molar-refractivity contribution is 5.88. The van der Waals surface area contributed by atoms with Crippen LogP contribution in [-0.4, -0.2) is 17.6 Å². The third-order valence-corrected chi connectivity index (χ3v) is 3.03. The topological polar surface area (TPSA) is 49.3 Å². The second-order valence-electron chi connectivity index (χ2n) is 4.72. The van der Waals surface area contributed by atoms with Gasteiger partial charge in [-0.1, -0.05) is 20.8 Å². The van der Waals surface area contributed by atoms with Gasteiger partial charge in [-0.05, 0) is 24.0 Å². The fourth-order valence-electron chi connectivity index (χ4n) is 1.36. The van der Waals surface area contributed by atoms with Gasteiger partial charge in [-0.15, -0.1) is 0 Å². The molecule has 18 heavy (non-hydrogen) atoms. The second-order valence-corrected chi connectivity index (χ2v) is 4.72. The van der Waals surface area contributed by atoms with E-state index in [4.69, 9.17) is 5.11 Å². The first-order valence-corrected chi connectivity index (χ1v) is 5.79. The van der Waals surface area contributed by atoms with Crippen LogP contribution in [0.15, 0.2) is 12.1 Å². The standard InChI is InChI=1S/C13H17F2NO2/c1-7(2)8(3)6-16-12-10(14)4-9(13(17)18)5-11(12)15/h4-5,7-8,16H,6H2,1-3H3,(H,17,18). The van der Waals surface area contributed by atoms with E-state index in [1.807, 2.05) is 20.8 Å². The minimum atomic E-state index is -1.35. The molecule has 0 aromatic heterocycles. The minimum Gasteiger partial charge on any atom is -0.478 e. The zero-order valence-corrected chi connectivity index (χ0v) is 10.6. The lowest BCUT2D eigenvalue weighted by molar-refractivity contribution is 0.0696. The summed E-state index contributed by atoms with van der Waals surface area (Å²) in [5, 5.41) is 11.3. The van der Waals surface area contributed by atoms with Gasteiger partial charge in [-0.3, -0.25) is 0 Å². The predicted molar refractivity (Wildman–Crippen MR) is 65.8 cm³/mol. The van der Waals surface area contributed by atoms with Crippen LogP contribution in [0.5, 0.6) is 0 Å². The third kappa shape index (κ3) is 3.42. The number of halogens is 2. The van der Waals surface area contributed by atoms with E-state index in [2.05, 4.69) is 5.32 Å². The molecule has 2 N–H and O–H groups in total. The molecule has 1 rings (SSSR count). The van der Waals surface area contributed by atoms with Crippen molar-refractivity contribution in [3.8, 4) is 0 Å². The van der Waals surface area contributed by atoms with Crippen molar-refractivity contribution >= 4 is 11.7 Å². The average molecular weight is 257 g/mol. The van der Waals surface area contributed by atoms with Gasteiger partial charge in [-0.2, -0.15) is 0 Å². The number of aromatic carboxylic acids is 1. The number of carboxylic acids is 1. The smallest absolute Gasteiger partial charge is 0.335 e. The highest BCUT2D eigenvalue weighted by Gasteiger charge is 2.15. The lowest BCUT2D eigenvalue weighted by Gasteiger charge is -2.17. The van der Waals surface area contributed by atoms with Crippen LogP contribution in [0.2, 0.25) is 0 Å². The molecule has 0 aliphatic carbocycles. The van der Waals surface area contributed by atoms with Crippen molar-refractivity contribution < 1.29 is 18.7 Å². The first-order valence-electron chi connectivity index (χ1n) is 5.79. The number of carbonyl (C=O) groups is 1. The van der Waals surface area contributed by atoms with Crippen molar-refractivity contribution in [2.75, 3.05) is 11.9 Å². The maximum Gasteiger partial charge on any atom is 0.335 e. The van der Waals surface area contributed by atoms with Gasteiger partial charge in [0.25, 0.3) is 0 Å². The highest BCUT2D eigenvalue weighted by Crippen LogP contribution is 2.22. The second kappa shape index (κ2) is 5.80. The summed E-state index contributed by atoms with van der Waals surface area (Å²) in [4.78, 5) is 10.6. The minimum absolute atomic E-state index is 0.253. The van der Waals surface area contributed by atoms with Gasteiger partial charge in [0, 0.05) is 6.54 Å². The zero-order valence-electron chi connectivity index (χ0n) is 10.6. The number of hydrogen-bond donors (Lipinski definition) is 2. The maximum atomic E-state index is 13.6. The number of benzene rings is 1. The monoisotopic (exact) mass is 257 g/mol. The lowest BCUT2D eigenvalue weighted by atomic mass is 9.98. The summed E-state index contributed by atoms with van der Waals surface area (Å²) in [5.41, 5.74) is -0.667. The maximum absolute atomic E-state index is 13.6. The molecule has 0 saturated carbocycles. The molecule has 1 unspecified atom stereocenters. The summed E-state index contributed by atoms with van der Waals surface area (Å²) in [7, 11) is 0. The van der Waals surface area contributed by atoms with Crippen LogP contribution in [0.4, 0.5) is 14.5 Å². The lowest BCUT2D eigenvalue weighted by Crippen LogP contribution is -2.18. The molecule has 5 heteroatoms. The molecule has 1 aromatic rings. The highest BCUT2D eigenvalue weighted by atomic mass is 19.1. The molecule has 0 aliphatic heterocycles. The van der Waals surface area contributed by atoms with Crippen LogP contribution < -0.4 is 5.32 Å². The van der Waals surface area contributed by atoms with Gasteiger partial charge in [0.05, 0.1) is 5.56 Å². The van der Waals surface area contributed by atoms with E-state index in [1.165, 1.54) is 0 Å². The normalized spacial score (nSPS) is 12.6. The van der Waals surface area contributed by atoms with Crippen molar-refractivity contribution in [1.29, 1.82) is 0 Å². The number of carboxylic acid groups (broad SMARTS) is 1. The van der Waals surface area contributed by atoms with Crippen LogP contribution in [0, 0.1) is 23.5 Å². The molecule has 3 nitrogen and oxygen atoms in total. The Balaban J connectivity index is 2.87. The van der Waals surface area contributed by atoms with Crippen molar-refractivity contribution in [1.82, 2.24) is 0 Å². The quantitative estimate of drug-likeness (QED) is 0.850. The summed E-state index contributed by atoms with van der Waals surface area (Å²) in [6, 6.07) is 1.63. The van der Waals surface area contributed by atoms with Crippen LogP contribution >= 0.6 is 0 Å². The molecule has 0 heterocycles. The summed E-state index contributed by atoms with van der Waals surface area (Å²) < 4.78 is 27.1. The Bertz CT molecular complexity index is 424. The summed E-state index contributed by atoms with van der Waals surface area (Å²) in [6.45, 7) is 6.44. The first-order chi connectivity index (χ1) is 8.32. The fourth-order valence-corrected chi connectivity index (χ4v) is 1.36. The Labute approximate surface area is 105 Å². The van der Waals surface area contributed by atoms with Gasteiger partial charge < -0.3 is 10.4 Å². The Hall–Kier alpha value is -1.65. The van der Waals surface area contributed by atoms with Crippen LogP contribution in [0.1, 0.15) is 31.1 Å². The Morgan fingerprint density at radius 2 is 1.78 bits per heavy atom. The Morgan fingerprint density at radius 1 is 1.28 bits per heavy atom. The molecule has 0 fully saturated rings. The van der Waals surface area contributed by atoms with Gasteiger partial charge in [0.1, 0.15) is 17.3 Å². The summed E-state index contributed by atoms with van der Waals surface area (Å²) >= 11 is 0. The van der Waals surface area contributed by atoms with Gasteiger partial charge in [0.15, 0.2) is 0 Å². The Morgan fingerprint density at radius 3 is 2.17 bits per heavy atom. The van der Waals surface area contributed by atoms with E-state index in [-0.39, 0.29) is 11.6 Å². The average Bonchev–Trinajstić information content (AvgIpc) is 2.26. The van der Waals surface area contributed by atoms with Gasteiger partial charge >= 0.3 is 5.97 Å². The van der Waals surface area contributed by atoms with Crippen LogP contribution in [0.3, 0.4) is 0 Å². The van der Waals surface area contributed by atoms with Crippen molar-refractivity contribution in [3.05, 3.63) is 29.3 Å². The zero-order chi connectivity index (χ0) is 13.9. The first kappa shape index (κ1) is 14.4.